The van der Waals surface area contributed by atoms with Gasteiger partial charge in [-0.3, -0.25) is 4.98 Å². The Labute approximate surface area is 94.3 Å². The van der Waals surface area contributed by atoms with Crippen molar-refractivity contribution in [3.8, 4) is 5.75 Å². The molecule has 0 N–H and O–H groups in total. The Morgan fingerprint density at radius 3 is 2.94 bits per heavy atom. The lowest BCUT2D eigenvalue weighted by Gasteiger charge is -2.09. The third-order valence-corrected chi connectivity index (χ3v) is 1.88. The first-order valence-electron chi connectivity index (χ1n) is 5.02. The normalized spacial score (nSPS) is 9.88. The number of aromatic nitrogens is 1. The average Bonchev–Trinajstić information content (AvgIpc) is 2.34. The summed E-state index contributed by atoms with van der Waals surface area (Å²) in [5, 5.41) is 0. The van der Waals surface area contributed by atoms with E-state index in [0.717, 1.165) is 0 Å². The number of pyridine rings is 1. The van der Waals surface area contributed by atoms with Gasteiger partial charge in [-0.2, -0.15) is 0 Å². The maximum atomic E-state index is 11.3. The second kappa shape index (κ2) is 6.79. The van der Waals surface area contributed by atoms with Gasteiger partial charge in [0, 0.05) is 19.0 Å². The number of esters is 1. The molecule has 0 aliphatic rings. The molecule has 1 aromatic heterocycles. The third-order valence-electron chi connectivity index (χ3n) is 1.88. The lowest BCUT2D eigenvalue weighted by Crippen LogP contribution is -2.10. The summed E-state index contributed by atoms with van der Waals surface area (Å²) in [4.78, 5) is 15.2. The van der Waals surface area contributed by atoms with Crippen LogP contribution in [0.4, 0.5) is 0 Å². The first-order chi connectivity index (χ1) is 7.79. The minimum Gasteiger partial charge on any atom is -0.490 e. The zero-order valence-electron chi connectivity index (χ0n) is 9.43. The van der Waals surface area contributed by atoms with Crippen molar-refractivity contribution in [3.63, 3.8) is 0 Å². The molecule has 0 amide bonds. The lowest BCUT2D eigenvalue weighted by molar-refractivity contribution is 0.0591. The molecular weight excluding hydrogens is 210 g/mol. The fourth-order valence-electron chi connectivity index (χ4n) is 1.13. The average molecular weight is 225 g/mol. The number of ether oxygens (including phenoxy) is 3. The van der Waals surface area contributed by atoms with E-state index >= 15 is 0 Å². The minimum absolute atomic E-state index is 0.321. The highest BCUT2D eigenvalue weighted by atomic mass is 16.5. The summed E-state index contributed by atoms with van der Waals surface area (Å²) in [6.07, 6.45) is 2.98. The van der Waals surface area contributed by atoms with Crippen LogP contribution >= 0.6 is 0 Å². The molecule has 0 radical (unpaired) electrons. The second-order valence-electron chi connectivity index (χ2n) is 2.91. The Morgan fingerprint density at radius 2 is 2.25 bits per heavy atom. The summed E-state index contributed by atoms with van der Waals surface area (Å²) in [7, 11) is 1.32. The molecule has 1 aromatic rings. The Morgan fingerprint density at radius 1 is 1.44 bits per heavy atom. The molecule has 0 aliphatic heterocycles. The van der Waals surface area contributed by atoms with Gasteiger partial charge in [0.05, 0.1) is 13.7 Å². The van der Waals surface area contributed by atoms with Crippen LogP contribution in [0.1, 0.15) is 17.3 Å². The van der Waals surface area contributed by atoms with E-state index in [1.807, 2.05) is 6.92 Å². The third kappa shape index (κ3) is 3.51. The van der Waals surface area contributed by atoms with Crippen molar-refractivity contribution >= 4 is 5.97 Å². The summed E-state index contributed by atoms with van der Waals surface area (Å²) in [6, 6.07) is 1.62. The molecule has 0 spiro atoms. The van der Waals surface area contributed by atoms with Gasteiger partial charge in [-0.1, -0.05) is 0 Å². The second-order valence-corrected chi connectivity index (χ2v) is 2.91. The van der Waals surface area contributed by atoms with Gasteiger partial charge >= 0.3 is 5.97 Å². The van der Waals surface area contributed by atoms with E-state index in [2.05, 4.69) is 9.72 Å². The van der Waals surface area contributed by atoms with Gasteiger partial charge in [0.15, 0.2) is 0 Å². The smallest absolute Gasteiger partial charge is 0.343 e. The topological polar surface area (TPSA) is 57.7 Å². The van der Waals surface area contributed by atoms with Gasteiger partial charge in [0.25, 0.3) is 0 Å². The van der Waals surface area contributed by atoms with Gasteiger partial charge < -0.3 is 14.2 Å². The molecule has 0 unspecified atom stereocenters. The number of nitrogens with zero attached hydrogens (tertiary/aromatic N) is 1. The monoisotopic (exact) mass is 225 g/mol. The SMILES string of the molecule is CCOCCOc1ccncc1C(=O)OC. The molecule has 0 saturated heterocycles. The van der Waals surface area contributed by atoms with Crippen LogP contribution < -0.4 is 4.74 Å². The van der Waals surface area contributed by atoms with Gasteiger partial charge in [-0.05, 0) is 13.0 Å². The first kappa shape index (κ1) is 12.4. The van der Waals surface area contributed by atoms with Crippen LogP contribution in [0.5, 0.6) is 5.75 Å². The molecule has 1 rings (SSSR count). The number of hydrogen-bond acceptors (Lipinski definition) is 5. The van der Waals surface area contributed by atoms with E-state index in [-0.39, 0.29) is 0 Å². The summed E-state index contributed by atoms with van der Waals surface area (Å²) in [5.74, 6) is 0.000984. The quantitative estimate of drug-likeness (QED) is 0.539. The molecule has 0 saturated carbocycles. The van der Waals surface area contributed by atoms with Crippen LogP contribution in [0.15, 0.2) is 18.5 Å². The van der Waals surface area contributed by atoms with Gasteiger partial charge in [-0.15, -0.1) is 0 Å². The van der Waals surface area contributed by atoms with Crippen molar-refractivity contribution in [1.29, 1.82) is 0 Å². The predicted molar refractivity (Wildman–Crippen MR) is 57.6 cm³/mol. The Bertz CT molecular complexity index is 341. The summed E-state index contributed by atoms with van der Waals surface area (Å²) < 4.78 is 15.1. The highest BCUT2D eigenvalue weighted by Gasteiger charge is 2.12. The maximum absolute atomic E-state index is 11.3. The number of carbonyl (C=O) groups is 1. The zero-order valence-corrected chi connectivity index (χ0v) is 9.43. The van der Waals surface area contributed by atoms with Crippen LogP contribution in [-0.2, 0) is 9.47 Å². The molecule has 0 bridgehead atoms. The highest BCUT2D eigenvalue weighted by Crippen LogP contribution is 2.17. The van der Waals surface area contributed by atoms with Crippen molar-refractivity contribution in [2.45, 2.75) is 6.92 Å². The number of hydrogen-bond donors (Lipinski definition) is 0. The number of rotatable bonds is 6. The van der Waals surface area contributed by atoms with Crippen molar-refractivity contribution in [2.75, 3.05) is 26.9 Å². The molecule has 0 aromatic carbocycles. The van der Waals surface area contributed by atoms with Crippen LogP contribution in [0.3, 0.4) is 0 Å². The van der Waals surface area contributed by atoms with E-state index < -0.39 is 5.97 Å². The Hall–Kier alpha value is -1.62. The number of carbonyl (C=O) groups excluding carboxylic acids is 1. The van der Waals surface area contributed by atoms with E-state index in [4.69, 9.17) is 9.47 Å². The summed E-state index contributed by atoms with van der Waals surface area (Å²) in [5.41, 5.74) is 0.321. The molecule has 5 nitrogen and oxygen atoms in total. The standard InChI is InChI=1S/C11H15NO4/c1-3-15-6-7-16-10-4-5-12-8-9(10)11(13)14-2/h4-5,8H,3,6-7H2,1-2H3. The molecule has 0 aliphatic carbocycles. The van der Waals surface area contributed by atoms with Crippen LogP contribution in [-0.4, -0.2) is 37.9 Å². The molecule has 1 heterocycles. The fourth-order valence-corrected chi connectivity index (χ4v) is 1.13. The van der Waals surface area contributed by atoms with E-state index in [1.54, 1.807) is 12.3 Å². The van der Waals surface area contributed by atoms with Gasteiger partial charge in [0.1, 0.15) is 17.9 Å². The van der Waals surface area contributed by atoms with Gasteiger partial charge in [0.2, 0.25) is 0 Å². The Kier molecular flexibility index (Phi) is 5.28. The minimum atomic E-state index is -0.459. The molecule has 88 valence electrons. The molecular formula is C11H15NO4. The molecule has 16 heavy (non-hydrogen) atoms. The van der Waals surface area contributed by atoms with Gasteiger partial charge in [-0.25, -0.2) is 4.79 Å². The van der Waals surface area contributed by atoms with Crippen molar-refractivity contribution in [2.24, 2.45) is 0 Å². The highest BCUT2D eigenvalue weighted by molar-refractivity contribution is 5.91. The molecule has 5 heteroatoms. The van der Waals surface area contributed by atoms with Crippen LogP contribution in [0, 0.1) is 0 Å². The zero-order chi connectivity index (χ0) is 11.8. The predicted octanol–water partition coefficient (Wildman–Crippen LogP) is 1.28. The summed E-state index contributed by atoms with van der Waals surface area (Å²) in [6.45, 7) is 3.43. The van der Waals surface area contributed by atoms with E-state index in [9.17, 15) is 4.79 Å². The Balaban J connectivity index is 2.60. The van der Waals surface area contributed by atoms with Crippen LogP contribution in [0.25, 0.3) is 0 Å². The molecule has 0 atom stereocenters. The van der Waals surface area contributed by atoms with E-state index in [1.165, 1.54) is 13.3 Å². The molecule has 0 fully saturated rings. The largest absolute Gasteiger partial charge is 0.490 e. The van der Waals surface area contributed by atoms with Crippen molar-refractivity contribution in [1.82, 2.24) is 4.98 Å². The first-order valence-corrected chi connectivity index (χ1v) is 5.02. The lowest BCUT2D eigenvalue weighted by atomic mass is 10.2. The fraction of sp³-hybridized carbons (Fsp3) is 0.455. The summed E-state index contributed by atoms with van der Waals surface area (Å²) >= 11 is 0. The van der Waals surface area contributed by atoms with Crippen molar-refractivity contribution < 1.29 is 19.0 Å². The number of methoxy groups -OCH3 is 1. The van der Waals surface area contributed by atoms with E-state index in [0.29, 0.717) is 31.1 Å². The van der Waals surface area contributed by atoms with Crippen LogP contribution in [0.2, 0.25) is 0 Å². The maximum Gasteiger partial charge on any atom is 0.343 e. The van der Waals surface area contributed by atoms with Crippen molar-refractivity contribution in [3.05, 3.63) is 24.0 Å².